The molecule has 0 atom stereocenters. The number of rotatable bonds is 7. The molecule has 0 bridgehead atoms. The summed E-state index contributed by atoms with van der Waals surface area (Å²) in [7, 11) is -1.68. The molecule has 1 aliphatic rings. The average Bonchev–Trinajstić information content (AvgIpc) is 2.97. The third kappa shape index (κ3) is 3.70. The number of hydrogen-bond donors (Lipinski definition) is 2. The number of nitrogens with one attached hydrogen (secondary N) is 2. The van der Waals surface area contributed by atoms with E-state index < -0.39 is 10.0 Å². The molecule has 6 nitrogen and oxygen atoms in total. The highest BCUT2D eigenvalue weighted by atomic mass is 32.2. The van der Waals surface area contributed by atoms with Crippen LogP contribution in [0.2, 0.25) is 0 Å². The zero-order valence-corrected chi connectivity index (χ0v) is 13.4. The third-order valence-electron chi connectivity index (χ3n) is 3.35. The molecule has 0 aromatic carbocycles. The molecule has 2 N–H and O–H groups in total. The summed E-state index contributed by atoms with van der Waals surface area (Å²) in [5, 5.41) is 9.20. The Bertz CT molecular complexity index is 716. The van der Waals surface area contributed by atoms with Crippen LogP contribution in [0.15, 0.2) is 28.7 Å². The van der Waals surface area contributed by atoms with Crippen LogP contribution >= 0.6 is 11.3 Å². The van der Waals surface area contributed by atoms with Crippen molar-refractivity contribution in [1.82, 2.24) is 19.8 Å². The second kappa shape index (κ2) is 5.88. The molecule has 0 amide bonds. The first kappa shape index (κ1) is 14.7. The van der Waals surface area contributed by atoms with Gasteiger partial charge in [-0.3, -0.25) is 4.68 Å². The van der Waals surface area contributed by atoms with Crippen LogP contribution in [0.1, 0.15) is 23.3 Å². The fourth-order valence-corrected chi connectivity index (χ4v) is 4.45. The lowest BCUT2D eigenvalue weighted by atomic mass is 10.4. The molecule has 2 aromatic rings. The molecule has 2 aromatic heterocycles. The lowest BCUT2D eigenvalue weighted by Crippen LogP contribution is -2.24. The van der Waals surface area contributed by atoms with Crippen molar-refractivity contribution in [3.05, 3.63) is 34.3 Å². The van der Waals surface area contributed by atoms with Crippen LogP contribution in [-0.2, 0) is 30.2 Å². The summed E-state index contributed by atoms with van der Waals surface area (Å²) in [6, 6.07) is 2.23. The molecular weight excluding hydrogens is 308 g/mol. The monoisotopic (exact) mass is 326 g/mol. The SMILES string of the molecule is Cn1cc(CNS(=O)(=O)c2ccsc2CNC2CC2)cn1. The summed E-state index contributed by atoms with van der Waals surface area (Å²) in [5.41, 5.74) is 0.842. The van der Waals surface area contributed by atoms with Crippen molar-refractivity contribution in [3.63, 3.8) is 0 Å². The third-order valence-corrected chi connectivity index (χ3v) is 5.88. The largest absolute Gasteiger partial charge is 0.309 e. The fourth-order valence-electron chi connectivity index (χ4n) is 2.04. The maximum Gasteiger partial charge on any atom is 0.242 e. The van der Waals surface area contributed by atoms with E-state index in [-0.39, 0.29) is 6.54 Å². The van der Waals surface area contributed by atoms with E-state index in [4.69, 9.17) is 0 Å². The predicted octanol–water partition coefficient (Wildman–Crippen LogP) is 1.21. The van der Waals surface area contributed by atoms with Crippen molar-refractivity contribution >= 4 is 21.4 Å². The van der Waals surface area contributed by atoms with Gasteiger partial charge in [-0.2, -0.15) is 5.10 Å². The van der Waals surface area contributed by atoms with Crippen molar-refractivity contribution in [2.45, 2.75) is 36.9 Å². The zero-order valence-electron chi connectivity index (χ0n) is 11.7. The number of hydrogen-bond acceptors (Lipinski definition) is 5. The van der Waals surface area contributed by atoms with Crippen molar-refractivity contribution < 1.29 is 8.42 Å². The number of thiophene rings is 1. The van der Waals surface area contributed by atoms with Gasteiger partial charge in [0.1, 0.15) is 0 Å². The number of aromatic nitrogens is 2. The fraction of sp³-hybridized carbons (Fsp3) is 0.462. The van der Waals surface area contributed by atoms with Gasteiger partial charge >= 0.3 is 0 Å². The molecule has 114 valence electrons. The van der Waals surface area contributed by atoms with E-state index in [9.17, 15) is 8.42 Å². The Hall–Kier alpha value is -1.22. The van der Waals surface area contributed by atoms with Gasteiger partial charge < -0.3 is 5.32 Å². The Balaban J connectivity index is 1.67. The van der Waals surface area contributed by atoms with E-state index in [0.29, 0.717) is 17.5 Å². The predicted molar refractivity (Wildman–Crippen MR) is 81.4 cm³/mol. The molecule has 0 radical (unpaired) electrons. The van der Waals surface area contributed by atoms with Crippen molar-refractivity contribution in [1.29, 1.82) is 0 Å². The van der Waals surface area contributed by atoms with Gasteiger partial charge in [0.2, 0.25) is 10.0 Å². The molecule has 1 aliphatic carbocycles. The van der Waals surface area contributed by atoms with E-state index in [1.165, 1.54) is 24.2 Å². The quantitative estimate of drug-likeness (QED) is 0.802. The van der Waals surface area contributed by atoms with E-state index in [2.05, 4.69) is 15.1 Å². The molecule has 21 heavy (non-hydrogen) atoms. The van der Waals surface area contributed by atoms with E-state index >= 15 is 0 Å². The molecule has 0 unspecified atom stereocenters. The van der Waals surface area contributed by atoms with Gasteiger partial charge in [0, 0.05) is 42.8 Å². The van der Waals surface area contributed by atoms with Gasteiger partial charge in [0.05, 0.1) is 11.1 Å². The minimum atomic E-state index is -3.48. The lowest BCUT2D eigenvalue weighted by molar-refractivity contribution is 0.579. The van der Waals surface area contributed by atoms with Crippen LogP contribution in [0.3, 0.4) is 0 Å². The molecule has 1 saturated carbocycles. The summed E-state index contributed by atoms with van der Waals surface area (Å²) in [6.07, 6.45) is 5.83. The Labute approximate surface area is 128 Å². The Morgan fingerprint density at radius 3 is 2.90 bits per heavy atom. The highest BCUT2D eigenvalue weighted by molar-refractivity contribution is 7.89. The van der Waals surface area contributed by atoms with E-state index in [1.807, 2.05) is 5.38 Å². The number of nitrogens with zero attached hydrogens (tertiary/aromatic N) is 2. The standard InChI is InChI=1S/C13H18N4O2S2/c1-17-9-10(6-15-17)7-16-21(18,19)13-4-5-20-12(13)8-14-11-2-3-11/h4-6,9,11,14,16H,2-3,7-8H2,1H3. The molecule has 2 heterocycles. The molecular formula is C13H18N4O2S2. The topological polar surface area (TPSA) is 76.0 Å². The Kier molecular flexibility index (Phi) is 4.12. The van der Waals surface area contributed by atoms with Gasteiger partial charge in [0.25, 0.3) is 0 Å². The minimum absolute atomic E-state index is 0.252. The second-order valence-electron chi connectivity index (χ2n) is 5.21. The lowest BCUT2D eigenvalue weighted by Gasteiger charge is -2.07. The summed E-state index contributed by atoms with van der Waals surface area (Å²) >= 11 is 1.47. The molecule has 1 fully saturated rings. The zero-order chi connectivity index (χ0) is 14.9. The number of aryl methyl sites for hydroxylation is 1. The molecule has 3 rings (SSSR count). The first-order valence-electron chi connectivity index (χ1n) is 6.81. The van der Waals surface area contributed by atoms with Gasteiger partial charge in [-0.05, 0) is 24.3 Å². The van der Waals surface area contributed by atoms with Crippen molar-refractivity contribution in [2.24, 2.45) is 7.05 Å². The Morgan fingerprint density at radius 1 is 1.43 bits per heavy atom. The smallest absolute Gasteiger partial charge is 0.242 e. The van der Waals surface area contributed by atoms with Crippen molar-refractivity contribution in [2.75, 3.05) is 0 Å². The second-order valence-corrected chi connectivity index (χ2v) is 7.95. The van der Waals surface area contributed by atoms with Gasteiger partial charge in [-0.15, -0.1) is 11.3 Å². The molecule has 0 aliphatic heterocycles. The van der Waals surface area contributed by atoms with Gasteiger partial charge in [-0.1, -0.05) is 0 Å². The Morgan fingerprint density at radius 2 is 2.24 bits per heavy atom. The van der Waals surface area contributed by atoms with E-state index in [0.717, 1.165) is 10.4 Å². The normalized spacial score (nSPS) is 15.5. The maximum absolute atomic E-state index is 12.4. The first-order chi connectivity index (χ1) is 10.0. The van der Waals surface area contributed by atoms with Crippen molar-refractivity contribution in [3.8, 4) is 0 Å². The van der Waals surface area contributed by atoms with Gasteiger partial charge in [0.15, 0.2) is 0 Å². The van der Waals surface area contributed by atoms with Crippen LogP contribution < -0.4 is 10.0 Å². The number of sulfonamides is 1. The summed E-state index contributed by atoms with van der Waals surface area (Å²) < 4.78 is 29.1. The van der Waals surface area contributed by atoms with Crippen LogP contribution in [0, 0.1) is 0 Å². The summed E-state index contributed by atoms with van der Waals surface area (Å²) in [5.74, 6) is 0. The highest BCUT2D eigenvalue weighted by Gasteiger charge is 2.23. The molecule has 8 heteroatoms. The van der Waals surface area contributed by atoms with Gasteiger partial charge in [-0.25, -0.2) is 13.1 Å². The van der Waals surface area contributed by atoms with Crippen LogP contribution in [-0.4, -0.2) is 24.2 Å². The average molecular weight is 326 g/mol. The first-order valence-corrected chi connectivity index (χ1v) is 9.18. The van der Waals surface area contributed by atoms with Crippen LogP contribution in [0.5, 0.6) is 0 Å². The molecule has 0 saturated heterocycles. The van der Waals surface area contributed by atoms with E-state index in [1.54, 1.807) is 30.2 Å². The summed E-state index contributed by atoms with van der Waals surface area (Å²) in [4.78, 5) is 1.24. The minimum Gasteiger partial charge on any atom is -0.309 e. The van der Waals surface area contributed by atoms with Crippen LogP contribution in [0.4, 0.5) is 0 Å². The molecule has 0 spiro atoms. The highest BCUT2D eigenvalue weighted by Crippen LogP contribution is 2.24. The summed E-state index contributed by atoms with van der Waals surface area (Å²) in [6.45, 7) is 0.868. The maximum atomic E-state index is 12.4. The van der Waals surface area contributed by atoms with Crippen LogP contribution in [0.25, 0.3) is 0 Å².